The van der Waals surface area contributed by atoms with Crippen LogP contribution in [0.5, 0.6) is 0 Å². The van der Waals surface area contributed by atoms with Crippen molar-refractivity contribution < 1.29 is 55.4 Å². The van der Waals surface area contributed by atoms with E-state index in [1.54, 1.807) is 18.2 Å². The van der Waals surface area contributed by atoms with E-state index in [9.17, 15) is 23.2 Å². The summed E-state index contributed by atoms with van der Waals surface area (Å²) in [6.07, 6.45) is 9.18. The van der Waals surface area contributed by atoms with Crippen LogP contribution in [0.15, 0.2) is 92.6 Å². The largest absolute Gasteiger partial charge is 0.506 e. The van der Waals surface area contributed by atoms with E-state index < -0.39 is 53.8 Å². The molecule has 0 aliphatic carbocycles. The maximum absolute atomic E-state index is 15.7. The van der Waals surface area contributed by atoms with Crippen LogP contribution in [0.2, 0.25) is 0 Å². The summed E-state index contributed by atoms with van der Waals surface area (Å²) in [6.45, 7) is 6.42. The van der Waals surface area contributed by atoms with Crippen molar-refractivity contribution in [3.05, 3.63) is 127 Å². The van der Waals surface area contributed by atoms with Crippen molar-refractivity contribution in [2.75, 3.05) is 33.0 Å². The van der Waals surface area contributed by atoms with E-state index in [1.165, 1.54) is 59.5 Å². The predicted molar refractivity (Wildman–Crippen MR) is 192 cm³/mol. The fraction of sp³-hybridized carbons (Fsp3) is 0.333. The number of phosphoric acid groups is 1. The van der Waals surface area contributed by atoms with Gasteiger partial charge >= 0.3 is 14.0 Å². The summed E-state index contributed by atoms with van der Waals surface area (Å²) in [4.78, 5) is 16.3. The summed E-state index contributed by atoms with van der Waals surface area (Å²) in [5, 5.41) is 21.7. The lowest BCUT2D eigenvalue weighted by atomic mass is 9.86. The Morgan fingerprint density at radius 3 is 2.46 bits per heavy atom. The molecule has 2 aromatic carbocycles. The number of benzene rings is 2. The first-order valence-electron chi connectivity index (χ1n) is 16.4. The molecular weight excluding hydrogens is 752 g/mol. The number of ether oxygens (including phenoxy) is 3. The smallest absolute Gasteiger partial charge is 0.450 e. The van der Waals surface area contributed by atoms with E-state index in [0.29, 0.717) is 6.07 Å². The van der Waals surface area contributed by atoms with Gasteiger partial charge in [0, 0.05) is 17.2 Å². The molecule has 1 aliphatic rings. The first-order valence-corrected chi connectivity index (χ1v) is 18.8. The standard InChI is InChI=1S/C36H38F3N4O9PS/c1-3-15-49-53(46,50-16-4-2)51-17-7-9-33(36(52-35(44)45,23-43-25-41-24-42-43)30-14-13-28(37)19-32(30)39)54-29-21-47-34(48-22-29)10-6-5-8-27-12-11-26(20-40)18-31(27)38/h3-6,8,10-14,18-19,24-25,29,33-34H,1-2,7,9,15-17,21-23H2,(H,44,45)/t29-,33-,34-,36+/m1/s1. The molecule has 13 nitrogen and oxygen atoms in total. The first-order chi connectivity index (χ1) is 26.0. The molecule has 1 fully saturated rings. The summed E-state index contributed by atoms with van der Waals surface area (Å²) in [6, 6.07) is 8.72. The Hall–Kier alpha value is -4.53. The Morgan fingerprint density at radius 1 is 1.11 bits per heavy atom. The van der Waals surface area contributed by atoms with E-state index in [2.05, 4.69) is 23.2 Å². The number of nitrogens with zero attached hydrogens (tertiary/aromatic N) is 4. The highest BCUT2D eigenvalue weighted by Crippen LogP contribution is 2.50. The highest BCUT2D eigenvalue weighted by molar-refractivity contribution is 8.00. The van der Waals surface area contributed by atoms with Crippen molar-refractivity contribution in [2.24, 2.45) is 0 Å². The van der Waals surface area contributed by atoms with Gasteiger partial charge in [0.2, 0.25) is 0 Å². The van der Waals surface area contributed by atoms with Gasteiger partial charge in [-0.3, -0.25) is 13.6 Å². The van der Waals surface area contributed by atoms with Gasteiger partial charge < -0.3 is 19.3 Å². The van der Waals surface area contributed by atoms with Gasteiger partial charge in [-0.2, -0.15) is 10.4 Å². The van der Waals surface area contributed by atoms with Crippen molar-refractivity contribution >= 4 is 31.8 Å². The zero-order valence-corrected chi connectivity index (χ0v) is 30.6. The van der Waals surface area contributed by atoms with E-state index in [1.807, 2.05) is 6.07 Å². The topological polar surface area (TPSA) is 164 Å². The molecule has 288 valence electrons. The van der Waals surface area contributed by atoms with Gasteiger partial charge in [-0.1, -0.05) is 36.4 Å². The number of carboxylic acid groups (broad SMARTS) is 1. The Morgan fingerprint density at radius 2 is 1.85 bits per heavy atom. The molecule has 2 heterocycles. The molecule has 0 spiro atoms. The molecule has 1 saturated heterocycles. The van der Waals surface area contributed by atoms with Crippen LogP contribution in [0.3, 0.4) is 0 Å². The van der Waals surface area contributed by atoms with E-state index in [0.717, 1.165) is 18.2 Å². The number of hydrogen-bond donors (Lipinski definition) is 1. The Balaban J connectivity index is 1.57. The first kappa shape index (κ1) is 42.2. The van der Waals surface area contributed by atoms with E-state index >= 15 is 4.39 Å². The number of allylic oxidation sites excluding steroid dienone is 2. The fourth-order valence-corrected chi connectivity index (χ4v) is 7.98. The number of thioether (sulfide) groups is 1. The van der Waals surface area contributed by atoms with Gasteiger partial charge in [-0.05, 0) is 43.2 Å². The summed E-state index contributed by atoms with van der Waals surface area (Å²) in [7, 11) is -4.05. The third-order valence-electron chi connectivity index (χ3n) is 7.64. The van der Waals surface area contributed by atoms with Gasteiger partial charge in [0.25, 0.3) is 0 Å². The maximum atomic E-state index is 15.7. The van der Waals surface area contributed by atoms with Crippen molar-refractivity contribution in [1.82, 2.24) is 14.8 Å². The van der Waals surface area contributed by atoms with Gasteiger partial charge in [0.05, 0.1) is 61.7 Å². The third-order valence-corrected chi connectivity index (χ3v) is 10.7. The minimum atomic E-state index is -4.05. The van der Waals surface area contributed by atoms with E-state index in [4.69, 9.17) is 33.0 Å². The highest BCUT2D eigenvalue weighted by atomic mass is 32.2. The van der Waals surface area contributed by atoms with Crippen molar-refractivity contribution in [1.29, 1.82) is 5.26 Å². The van der Waals surface area contributed by atoms with Crippen LogP contribution in [0.25, 0.3) is 6.08 Å². The molecule has 0 unspecified atom stereocenters. The number of aromatic nitrogens is 3. The number of carbonyl (C=O) groups is 1. The minimum Gasteiger partial charge on any atom is -0.450 e. The van der Waals surface area contributed by atoms with Crippen LogP contribution in [0.1, 0.15) is 29.5 Å². The van der Waals surface area contributed by atoms with Crippen LogP contribution in [0, 0.1) is 28.8 Å². The predicted octanol–water partition coefficient (Wildman–Crippen LogP) is 7.58. The average Bonchev–Trinajstić information content (AvgIpc) is 3.66. The molecule has 0 bridgehead atoms. The van der Waals surface area contributed by atoms with Crippen LogP contribution in [-0.2, 0) is 44.5 Å². The monoisotopic (exact) mass is 790 g/mol. The second-order valence-corrected chi connectivity index (χ2v) is 14.6. The molecule has 0 radical (unpaired) electrons. The minimum absolute atomic E-state index is 0.0584. The summed E-state index contributed by atoms with van der Waals surface area (Å²) < 4.78 is 91.9. The number of nitriles is 1. The molecule has 1 aliphatic heterocycles. The molecule has 0 amide bonds. The Kier molecular flexibility index (Phi) is 16.3. The fourth-order valence-electron chi connectivity index (χ4n) is 5.28. The van der Waals surface area contributed by atoms with E-state index in [-0.39, 0.29) is 69.1 Å². The molecule has 0 saturated carbocycles. The highest BCUT2D eigenvalue weighted by Gasteiger charge is 2.49. The molecule has 1 aromatic heterocycles. The molecular formula is C36H38F3N4O9PS. The zero-order chi connectivity index (χ0) is 39.0. The van der Waals surface area contributed by atoms with Gasteiger partial charge in [0.15, 0.2) is 11.9 Å². The quantitative estimate of drug-likeness (QED) is 0.0370. The summed E-state index contributed by atoms with van der Waals surface area (Å²) >= 11 is 1.19. The van der Waals surface area contributed by atoms with Crippen LogP contribution >= 0.6 is 19.6 Å². The summed E-state index contributed by atoms with van der Waals surface area (Å²) in [5.41, 5.74) is -1.82. The molecule has 3 aromatic rings. The molecule has 4 rings (SSSR count). The SMILES string of the molecule is C=CCOP(=O)(OCC=C)OCCC[C@@H](S[C@H]1CO[C@H](C=CC=Cc2ccc(C#N)cc2F)OC1)[C@@](Cn1cncn1)(OC(=O)O)c1ccc(F)cc1F. The Bertz CT molecular complexity index is 1850. The number of hydrogen-bond acceptors (Lipinski definition) is 12. The molecule has 1 N–H and O–H groups in total. The summed E-state index contributed by atoms with van der Waals surface area (Å²) in [5.74, 6) is -2.50. The molecule has 54 heavy (non-hydrogen) atoms. The van der Waals surface area contributed by atoms with Crippen LogP contribution in [-0.4, -0.2) is 75.9 Å². The zero-order valence-electron chi connectivity index (χ0n) is 28.9. The normalized spacial score (nSPS) is 17.9. The lowest BCUT2D eigenvalue weighted by Gasteiger charge is -2.41. The number of rotatable bonds is 21. The number of phosphoric ester groups is 1. The maximum Gasteiger partial charge on any atom is 0.506 e. The lowest BCUT2D eigenvalue weighted by molar-refractivity contribution is -0.146. The second-order valence-electron chi connectivity index (χ2n) is 11.4. The lowest BCUT2D eigenvalue weighted by Crippen LogP contribution is -2.48. The van der Waals surface area contributed by atoms with Crippen molar-refractivity contribution in [2.45, 2.75) is 41.8 Å². The van der Waals surface area contributed by atoms with Gasteiger partial charge in [0.1, 0.15) is 30.1 Å². The van der Waals surface area contributed by atoms with Gasteiger partial charge in [-0.15, -0.1) is 24.9 Å². The van der Waals surface area contributed by atoms with Crippen LogP contribution < -0.4 is 0 Å². The number of halogens is 3. The second kappa shape index (κ2) is 20.8. The average molecular weight is 791 g/mol. The third kappa shape index (κ3) is 12.3. The van der Waals surface area contributed by atoms with Crippen molar-refractivity contribution in [3.8, 4) is 6.07 Å². The van der Waals surface area contributed by atoms with Crippen molar-refractivity contribution in [3.63, 3.8) is 0 Å². The Labute approximate surface area is 314 Å². The van der Waals surface area contributed by atoms with Crippen LogP contribution in [0.4, 0.5) is 18.0 Å². The van der Waals surface area contributed by atoms with Gasteiger partial charge in [-0.25, -0.2) is 32.2 Å². The molecule has 2 atom stereocenters. The molecule has 18 heteroatoms.